The number of hydrogen-bond acceptors (Lipinski definition) is 6. The topological polar surface area (TPSA) is 83.1 Å². The quantitative estimate of drug-likeness (QED) is 0.730. The van der Waals surface area contributed by atoms with Crippen LogP contribution in [0.4, 0.5) is 5.69 Å². The first kappa shape index (κ1) is 19.1. The lowest BCUT2D eigenvalue weighted by Gasteiger charge is -2.12. The minimum atomic E-state index is -0.483. The molecule has 0 aromatic heterocycles. The van der Waals surface area contributed by atoms with Crippen molar-refractivity contribution in [3.63, 3.8) is 0 Å². The van der Waals surface area contributed by atoms with Crippen LogP contribution in [0.15, 0.2) is 42.5 Å². The fraction of sp³-hybridized carbons (Fsp3) is 0.263. The maximum atomic E-state index is 12.0. The molecular formula is C19H21NO6. The Hall–Kier alpha value is -3.22. The van der Waals surface area contributed by atoms with Gasteiger partial charge in [-0.25, -0.2) is 4.79 Å². The van der Waals surface area contributed by atoms with Crippen LogP contribution in [0.3, 0.4) is 0 Å². The Kier molecular flexibility index (Phi) is 6.84. The molecule has 0 heterocycles. The summed E-state index contributed by atoms with van der Waals surface area (Å²) in [6.07, 6.45) is 0. The Morgan fingerprint density at radius 3 is 2.31 bits per heavy atom. The van der Waals surface area contributed by atoms with Gasteiger partial charge in [-0.3, -0.25) is 4.79 Å². The Bertz CT molecular complexity index is 757. The molecule has 0 aliphatic carbocycles. The van der Waals surface area contributed by atoms with E-state index < -0.39 is 5.97 Å². The zero-order valence-electron chi connectivity index (χ0n) is 14.9. The van der Waals surface area contributed by atoms with E-state index in [9.17, 15) is 9.59 Å². The van der Waals surface area contributed by atoms with Crippen molar-refractivity contribution in [3.05, 3.63) is 48.0 Å². The highest BCUT2D eigenvalue weighted by molar-refractivity contribution is 5.92. The predicted octanol–water partition coefficient (Wildman–Crippen LogP) is 2.90. The number of esters is 1. The van der Waals surface area contributed by atoms with Crippen molar-refractivity contribution in [2.24, 2.45) is 0 Å². The lowest BCUT2D eigenvalue weighted by Crippen LogP contribution is -2.20. The summed E-state index contributed by atoms with van der Waals surface area (Å²) < 4.78 is 20.7. The third kappa shape index (κ3) is 5.14. The lowest BCUT2D eigenvalue weighted by atomic mass is 10.2. The van der Waals surface area contributed by atoms with Crippen LogP contribution < -0.4 is 19.5 Å². The van der Waals surface area contributed by atoms with Crippen LogP contribution in [0.5, 0.6) is 17.2 Å². The second-order valence-electron chi connectivity index (χ2n) is 5.15. The number of rotatable bonds is 8. The first-order valence-electron chi connectivity index (χ1n) is 7.99. The van der Waals surface area contributed by atoms with Crippen LogP contribution in [-0.4, -0.2) is 39.3 Å². The number of benzene rings is 2. The molecule has 2 rings (SSSR count). The molecular weight excluding hydrogens is 338 g/mol. The summed E-state index contributed by atoms with van der Waals surface area (Å²) in [6.45, 7) is 2.27. The number of hydrogen-bond donors (Lipinski definition) is 1. The van der Waals surface area contributed by atoms with E-state index in [2.05, 4.69) is 10.1 Å². The van der Waals surface area contributed by atoms with Crippen molar-refractivity contribution in [2.75, 3.05) is 32.8 Å². The van der Waals surface area contributed by atoms with Gasteiger partial charge in [0.25, 0.3) is 5.91 Å². The van der Waals surface area contributed by atoms with Crippen LogP contribution in [-0.2, 0) is 9.53 Å². The molecule has 1 amide bonds. The molecule has 0 fully saturated rings. The summed E-state index contributed by atoms with van der Waals surface area (Å²) in [6, 6.07) is 11.6. The van der Waals surface area contributed by atoms with Gasteiger partial charge in [-0.1, -0.05) is 0 Å². The first-order chi connectivity index (χ1) is 12.6. The zero-order valence-corrected chi connectivity index (χ0v) is 14.9. The van der Waals surface area contributed by atoms with E-state index >= 15 is 0 Å². The molecule has 0 bridgehead atoms. The summed E-state index contributed by atoms with van der Waals surface area (Å²) in [7, 11) is 2.74. The van der Waals surface area contributed by atoms with Gasteiger partial charge in [0.15, 0.2) is 18.1 Å². The molecule has 7 nitrogen and oxygen atoms in total. The van der Waals surface area contributed by atoms with Crippen LogP contribution in [0.25, 0.3) is 0 Å². The van der Waals surface area contributed by atoms with Gasteiger partial charge < -0.3 is 24.3 Å². The SMILES string of the molecule is CCOc1ccc(NC(=O)COc2ccc(C(=O)OC)cc2OC)cc1. The van der Waals surface area contributed by atoms with Gasteiger partial charge in [-0.05, 0) is 49.4 Å². The van der Waals surface area contributed by atoms with Crippen molar-refractivity contribution in [3.8, 4) is 17.2 Å². The highest BCUT2D eigenvalue weighted by atomic mass is 16.5. The minimum absolute atomic E-state index is 0.207. The van der Waals surface area contributed by atoms with E-state index in [0.717, 1.165) is 5.75 Å². The molecule has 0 spiro atoms. The van der Waals surface area contributed by atoms with E-state index in [1.54, 1.807) is 30.3 Å². The van der Waals surface area contributed by atoms with Crippen LogP contribution >= 0.6 is 0 Å². The summed E-state index contributed by atoms with van der Waals surface area (Å²) in [5.74, 6) is 0.609. The molecule has 2 aromatic rings. The van der Waals surface area contributed by atoms with E-state index in [-0.39, 0.29) is 12.5 Å². The molecule has 138 valence electrons. The number of amides is 1. The number of ether oxygens (including phenoxy) is 4. The monoisotopic (exact) mass is 359 g/mol. The third-order valence-electron chi connectivity index (χ3n) is 3.39. The summed E-state index contributed by atoms with van der Waals surface area (Å²) in [5.41, 5.74) is 0.964. The molecule has 0 atom stereocenters. The number of methoxy groups -OCH3 is 2. The number of carbonyl (C=O) groups is 2. The largest absolute Gasteiger partial charge is 0.494 e. The smallest absolute Gasteiger partial charge is 0.337 e. The second-order valence-corrected chi connectivity index (χ2v) is 5.15. The lowest BCUT2D eigenvalue weighted by molar-refractivity contribution is -0.118. The van der Waals surface area contributed by atoms with Crippen LogP contribution in [0.1, 0.15) is 17.3 Å². The van der Waals surface area contributed by atoms with Crippen molar-refractivity contribution in [1.82, 2.24) is 0 Å². The van der Waals surface area contributed by atoms with E-state index in [4.69, 9.17) is 14.2 Å². The molecule has 7 heteroatoms. The predicted molar refractivity (Wildman–Crippen MR) is 96.1 cm³/mol. The maximum Gasteiger partial charge on any atom is 0.337 e. The van der Waals surface area contributed by atoms with Gasteiger partial charge >= 0.3 is 5.97 Å². The van der Waals surface area contributed by atoms with Crippen molar-refractivity contribution in [1.29, 1.82) is 0 Å². The summed E-state index contributed by atoms with van der Waals surface area (Å²) >= 11 is 0. The molecule has 0 aliphatic heterocycles. The average Bonchev–Trinajstić information content (AvgIpc) is 2.67. The Morgan fingerprint density at radius 1 is 0.962 bits per heavy atom. The molecule has 0 aliphatic rings. The first-order valence-corrected chi connectivity index (χ1v) is 7.99. The Labute approximate surface area is 151 Å². The van der Waals surface area contributed by atoms with Crippen LogP contribution in [0, 0.1) is 0 Å². The van der Waals surface area contributed by atoms with Crippen LogP contribution in [0.2, 0.25) is 0 Å². The minimum Gasteiger partial charge on any atom is -0.494 e. The van der Waals surface area contributed by atoms with E-state index in [1.807, 2.05) is 6.92 Å². The highest BCUT2D eigenvalue weighted by Crippen LogP contribution is 2.28. The fourth-order valence-electron chi connectivity index (χ4n) is 2.17. The third-order valence-corrected chi connectivity index (χ3v) is 3.39. The maximum absolute atomic E-state index is 12.0. The van der Waals surface area contributed by atoms with Gasteiger partial charge in [0.05, 0.1) is 26.4 Å². The summed E-state index contributed by atoms with van der Waals surface area (Å²) in [4.78, 5) is 23.6. The van der Waals surface area contributed by atoms with Gasteiger partial charge in [0.1, 0.15) is 5.75 Å². The van der Waals surface area contributed by atoms with Gasteiger partial charge in [-0.15, -0.1) is 0 Å². The highest BCUT2D eigenvalue weighted by Gasteiger charge is 2.12. The molecule has 0 saturated carbocycles. The summed E-state index contributed by atoms with van der Waals surface area (Å²) in [5, 5.41) is 2.72. The number of carbonyl (C=O) groups excluding carboxylic acids is 2. The second kappa shape index (κ2) is 9.31. The van der Waals surface area contributed by atoms with Gasteiger partial charge in [0, 0.05) is 5.69 Å². The molecule has 26 heavy (non-hydrogen) atoms. The number of anilines is 1. The normalized spacial score (nSPS) is 9.96. The Balaban J connectivity index is 1.95. The Morgan fingerprint density at radius 2 is 1.69 bits per heavy atom. The number of nitrogens with one attached hydrogen (secondary N) is 1. The molecule has 0 unspecified atom stereocenters. The van der Waals surface area contributed by atoms with Crippen molar-refractivity contribution < 1.29 is 28.5 Å². The van der Waals surface area contributed by atoms with E-state index in [0.29, 0.717) is 29.4 Å². The van der Waals surface area contributed by atoms with Crippen molar-refractivity contribution in [2.45, 2.75) is 6.92 Å². The molecule has 0 radical (unpaired) electrons. The fourth-order valence-corrected chi connectivity index (χ4v) is 2.17. The molecule has 1 N–H and O–H groups in total. The standard InChI is InChI=1S/C19H21NO6/c1-4-25-15-8-6-14(7-9-15)20-18(21)12-26-16-10-5-13(19(22)24-3)11-17(16)23-2/h5-11H,4,12H2,1-3H3,(H,20,21). The van der Waals surface area contributed by atoms with E-state index in [1.165, 1.54) is 26.4 Å². The molecule has 0 saturated heterocycles. The van der Waals surface area contributed by atoms with Crippen molar-refractivity contribution >= 4 is 17.6 Å². The average molecular weight is 359 g/mol. The molecule has 2 aromatic carbocycles. The van der Waals surface area contributed by atoms with Gasteiger partial charge in [-0.2, -0.15) is 0 Å². The van der Waals surface area contributed by atoms with Gasteiger partial charge in [0.2, 0.25) is 0 Å². The zero-order chi connectivity index (χ0) is 18.9.